The predicted octanol–water partition coefficient (Wildman–Crippen LogP) is 2.28. The molecule has 1 aromatic carbocycles. The molecule has 0 aliphatic carbocycles. The van der Waals surface area contributed by atoms with E-state index < -0.39 is 0 Å². The van der Waals surface area contributed by atoms with E-state index in [0.29, 0.717) is 12.1 Å². The van der Waals surface area contributed by atoms with E-state index in [9.17, 15) is 4.79 Å². The van der Waals surface area contributed by atoms with Gasteiger partial charge in [-0.05, 0) is 36.4 Å². The van der Waals surface area contributed by atoms with Gasteiger partial charge in [0.05, 0.1) is 0 Å². The van der Waals surface area contributed by atoms with Gasteiger partial charge in [-0.1, -0.05) is 24.3 Å². The zero-order chi connectivity index (χ0) is 17.0. The summed E-state index contributed by atoms with van der Waals surface area (Å²) in [4.78, 5) is 17.4. The Morgan fingerprint density at radius 1 is 1.00 bits per heavy atom. The maximum atomic E-state index is 11.9. The van der Waals surface area contributed by atoms with Gasteiger partial charge in [-0.25, -0.2) is 0 Å². The molecule has 0 saturated heterocycles. The van der Waals surface area contributed by atoms with Crippen molar-refractivity contribution < 1.29 is 4.79 Å². The number of thiophene rings is 1. The van der Waals surface area contributed by atoms with Crippen LogP contribution in [0.4, 0.5) is 0 Å². The van der Waals surface area contributed by atoms with Gasteiger partial charge in [0.25, 0.3) is 5.91 Å². The number of carbonyl (C=O) groups excluding carboxylic acids is 1. The number of carbonyl (C=O) groups is 1. The van der Waals surface area contributed by atoms with Crippen LogP contribution in [0, 0.1) is 0 Å². The number of rotatable bonds is 8. The summed E-state index contributed by atoms with van der Waals surface area (Å²) in [6.07, 6.45) is 1.83. The maximum Gasteiger partial charge on any atom is 0.251 e. The monoisotopic (exact) mass is 344 g/mol. The Labute approximate surface area is 147 Å². The van der Waals surface area contributed by atoms with Gasteiger partial charge in [0.15, 0.2) is 5.96 Å². The first-order valence-electron chi connectivity index (χ1n) is 8.10. The molecule has 1 amide bonds. The van der Waals surface area contributed by atoms with Gasteiger partial charge in [0, 0.05) is 37.1 Å². The van der Waals surface area contributed by atoms with Crippen LogP contribution in [0.25, 0.3) is 0 Å². The van der Waals surface area contributed by atoms with Crippen molar-refractivity contribution in [2.75, 3.05) is 26.7 Å². The topological polar surface area (TPSA) is 65.5 Å². The van der Waals surface area contributed by atoms with Crippen LogP contribution in [0.15, 0.2) is 52.8 Å². The zero-order valence-corrected chi connectivity index (χ0v) is 14.7. The molecule has 0 aliphatic heterocycles. The largest absolute Gasteiger partial charge is 0.356 e. The van der Waals surface area contributed by atoms with Crippen molar-refractivity contribution in [3.05, 3.63) is 58.3 Å². The Balaban J connectivity index is 1.56. The number of amides is 1. The van der Waals surface area contributed by atoms with Crippen molar-refractivity contribution in [3.63, 3.8) is 0 Å². The molecule has 0 radical (unpaired) electrons. The first-order valence-corrected chi connectivity index (χ1v) is 8.97. The normalized spacial score (nSPS) is 11.1. The van der Waals surface area contributed by atoms with Gasteiger partial charge in [-0.15, -0.1) is 11.3 Å². The number of nitrogens with one attached hydrogen (secondary N) is 3. The molecule has 2 rings (SSSR count). The average molecular weight is 344 g/mol. The highest BCUT2D eigenvalue weighted by Crippen LogP contribution is 2.07. The molecule has 24 heavy (non-hydrogen) atoms. The second-order valence-electron chi connectivity index (χ2n) is 5.23. The molecule has 0 unspecified atom stereocenters. The molecule has 0 saturated carbocycles. The molecule has 128 valence electrons. The van der Waals surface area contributed by atoms with Crippen LogP contribution < -0.4 is 16.0 Å². The van der Waals surface area contributed by atoms with Crippen LogP contribution in [0.2, 0.25) is 0 Å². The molecule has 1 heterocycles. The quantitative estimate of drug-likeness (QED) is 0.391. The van der Waals surface area contributed by atoms with Gasteiger partial charge >= 0.3 is 0 Å². The summed E-state index contributed by atoms with van der Waals surface area (Å²) in [5, 5.41) is 11.5. The van der Waals surface area contributed by atoms with Crippen LogP contribution >= 0.6 is 11.3 Å². The van der Waals surface area contributed by atoms with Crippen molar-refractivity contribution in [2.45, 2.75) is 12.8 Å². The van der Waals surface area contributed by atoms with Crippen molar-refractivity contribution in [1.29, 1.82) is 0 Å². The zero-order valence-electron chi connectivity index (χ0n) is 13.9. The second-order valence-corrected chi connectivity index (χ2v) is 6.26. The highest BCUT2D eigenvalue weighted by Gasteiger charge is 2.03. The Morgan fingerprint density at radius 2 is 1.75 bits per heavy atom. The Morgan fingerprint density at radius 3 is 2.46 bits per heavy atom. The number of hydrogen-bond acceptors (Lipinski definition) is 3. The van der Waals surface area contributed by atoms with E-state index in [4.69, 9.17) is 0 Å². The minimum Gasteiger partial charge on any atom is -0.356 e. The number of benzene rings is 1. The number of guanidine groups is 1. The minimum atomic E-state index is -0.0333. The van der Waals surface area contributed by atoms with Gasteiger partial charge in [-0.3, -0.25) is 9.79 Å². The van der Waals surface area contributed by atoms with E-state index >= 15 is 0 Å². The van der Waals surface area contributed by atoms with E-state index in [1.165, 1.54) is 4.88 Å². The van der Waals surface area contributed by atoms with Crippen molar-refractivity contribution in [1.82, 2.24) is 16.0 Å². The summed E-state index contributed by atoms with van der Waals surface area (Å²) in [6.45, 7) is 2.24. The van der Waals surface area contributed by atoms with E-state index in [0.717, 1.165) is 31.9 Å². The highest BCUT2D eigenvalue weighted by molar-refractivity contribution is 7.09. The Kier molecular flexibility index (Phi) is 7.83. The lowest BCUT2D eigenvalue weighted by atomic mass is 10.2. The summed E-state index contributed by atoms with van der Waals surface area (Å²) in [5.74, 6) is 0.759. The van der Waals surface area contributed by atoms with Crippen LogP contribution in [-0.2, 0) is 6.42 Å². The third-order valence-electron chi connectivity index (χ3n) is 3.44. The highest BCUT2D eigenvalue weighted by atomic mass is 32.1. The van der Waals surface area contributed by atoms with Crippen molar-refractivity contribution in [3.8, 4) is 0 Å². The second kappa shape index (κ2) is 10.4. The van der Waals surface area contributed by atoms with E-state index in [-0.39, 0.29) is 5.91 Å². The molecule has 0 fully saturated rings. The van der Waals surface area contributed by atoms with Crippen LogP contribution in [-0.4, -0.2) is 38.5 Å². The number of hydrogen-bond donors (Lipinski definition) is 3. The molecular formula is C18H24N4OS. The van der Waals surface area contributed by atoms with Crippen LogP contribution in [0.1, 0.15) is 21.7 Å². The van der Waals surface area contributed by atoms with Crippen LogP contribution in [0.3, 0.4) is 0 Å². The van der Waals surface area contributed by atoms with Crippen molar-refractivity contribution in [2.24, 2.45) is 4.99 Å². The molecule has 3 N–H and O–H groups in total. The van der Waals surface area contributed by atoms with Gasteiger partial charge in [0.2, 0.25) is 0 Å². The number of aliphatic imine (C=N–C) groups is 1. The van der Waals surface area contributed by atoms with E-state index in [1.807, 2.05) is 30.3 Å². The lowest BCUT2D eigenvalue weighted by molar-refractivity contribution is 0.0953. The SMILES string of the molecule is CN=C(NCCCNC(=O)c1ccccc1)NCCc1cccs1. The fourth-order valence-electron chi connectivity index (χ4n) is 2.17. The molecule has 0 aliphatic rings. The minimum absolute atomic E-state index is 0.0333. The molecule has 6 heteroatoms. The molecule has 0 spiro atoms. The summed E-state index contributed by atoms with van der Waals surface area (Å²) in [5.41, 5.74) is 0.691. The van der Waals surface area contributed by atoms with E-state index in [2.05, 4.69) is 38.5 Å². The molecule has 0 atom stereocenters. The first-order chi connectivity index (χ1) is 11.8. The Bertz CT molecular complexity index is 626. The predicted molar refractivity (Wildman–Crippen MR) is 101 cm³/mol. The summed E-state index contributed by atoms with van der Waals surface area (Å²) < 4.78 is 0. The summed E-state index contributed by atoms with van der Waals surface area (Å²) >= 11 is 1.77. The fourth-order valence-corrected chi connectivity index (χ4v) is 2.88. The molecule has 5 nitrogen and oxygen atoms in total. The number of nitrogens with zero attached hydrogens (tertiary/aromatic N) is 1. The van der Waals surface area contributed by atoms with Crippen molar-refractivity contribution >= 4 is 23.2 Å². The lowest BCUT2D eigenvalue weighted by Gasteiger charge is -2.11. The molecular weight excluding hydrogens is 320 g/mol. The van der Waals surface area contributed by atoms with Gasteiger partial charge in [-0.2, -0.15) is 0 Å². The van der Waals surface area contributed by atoms with Gasteiger partial charge in [0.1, 0.15) is 0 Å². The molecule has 0 bridgehead atoms. The van der Waals surface area contributed by atoms with Gasteiger partial charge < -0.3 is 16.0 Å². The van der Waals surface area contributed by atoms with E-state index in [1.54, 1.807) is 18.4 Å². The lowest BCUT2D eigenvalue weighted by Crippen LogP contribution is -2.39. The summed E-state index contributed by atoms with van der Waals surface area (Å²) in [6, 6.07) is 13.5. The fraction of sp³-hybridized carbons (Fsp3) is 0.333. The average Bonchev–Trinajstić information content (AvgIpc) is 3.14. The third-order valence-corrected chi connectivity index (χ3v) is 4.37. The maximum absolute atomic E-state index is 11.9. The third kappa shape index (κ3) is 6.42. The Hall–Kier alpha value is -2.34. The standard InChI is InChI=1S/C18H24N4OS/c1-19-18(22-13-10-16-9-5-14-24-16)21-12-6-11-20-17(23)15-7-3-2-4-8-15/h2-5,7-9,14H,6,10-13H2,1H3,(H,20,23)(H2,19,21,22). The molecule has 2 aromatic rings. The first kappa shape index (κ1) is 18.0. The molecule has 1 aromatic heterocycles. The summed E-state index contributed by atoms with van der Waals surface area (Å²) in [7, 11) is 1.76. The smallest absolute Gasteiger partial charge is 0.251 e. The van der Waals surface area contributed by atoms with Crippen LogP contribution in [0.5, 0.6) is 0 Å².